The number of nitrogens with zero attached hydrogens (tertiary/aromatic N) is 1. The first-order valence-corrected chi connectivity index (χ1v) is 5.67. The lowest BCUT2D eigenvalue weighted by Gasteiger charge is -2.39. The third-order valence-electron chi connectivity index (χ3n) is 2.64. The standard InChI is InChI=1S/C9H18N4O9/c10-4(1(14)7(17)18)13(5(11)2(15)8(19)20)6(12)3(16)9(21)22/h1-5,9,12,14-16,21-22H,10-11H2,(H,17,18)(H,19,20). The Morgan fingerprint density at radius 3 is 1.36 bits per heavy atom. The molecule has 5 unspecified atom stereocenters. The van der Waals surface area contributed by atoms with E-state index in [0.29, 0.717) is 0 Å². The summed E-state index contributed by atoms with van der Waals surface area (Å²) in [7, 11) is 0. The molecule has 22 heavy (non-hydrogen) atoms. The molecular weight excluding hydrogens is 308 g/mol. The molecule has 0 aliphatic heterocycles. The van der Waals surface area contributed by atoms with Gasteiger partial charge < -0.3 is 52.1 Å². The van der Waals surface area contributed by atoms with Gasteiger partial charge in [-0.3, -0.25) is 5.41 Å². The molecule has 12 N–H and O–H groups in total. The number of carboxylic acids is 2. The van der Waals surface area contributed by atoms with Gasteiger partial charge in [0, 0.05) is 0 Å². The van der Waals surface area contributed by atoms with Crippen molar-refractivity contribution in [3.05, 3.63) is 0 Å². The molecule has 0 rings (SSSR count). The van der Waals surface area contributed by atoms with Crippen molar-refractivity contribution in [3.8, 4) is 0 Å². The molecular formula is C9H18N4O9. The van der Waals surface area contributed by atoms with E-state index in [1.807, 2.05) is 0 Å². The molecule has 0 saturated carbocycles. The normalized spacial score (nSPS) is 18.2. The number of nitrogens with one attached hydrogen (secondary N) is 1. The first-order valence-electron chi connectivity index (χ1n) is 5.67. The van der Waals surface area contributed by atoms with Gasteiger partial charge in [0.1, 0.15) is 18.2 Å². The van der Waals surface area contributed by atoms with Gasteiger partial charge in [0.25, 0.3) is 0 Å². The van der Waals surface area contributed by atoms with Crippen LogP contribution in [0.25, 0.3) is 0 Å². The Hall–Kier alpha value is -1.87. The van der Waals surface area contributed by atoms with Crippen LogP contribution < -0.4 is 11.5 Å². The van der Waals surface area contributed by atoms with Gasteiger partial charge in [-0.2, -0.15) is 0 Å². The van der Waals surface area contributed by atoms with Crippen LogP contribution in [0.15, 0.2) is 0 Å². The molecule has 0 radical (unpaired) electrons. The average Bonchev–Trinajstić information content (AvgIpc) is 2.43. The van der Waals surface area contributed by atoms with Gasteiger partial charge in [-0.15, -0.1) is 0 Å². The van der Waals surface area contributed by atoms with Crippen molar-refractivity contribution in [2.24, 2.45) is 11.5 Å². The first-order chi connectivity index (χ1) is 9.93. The summed E-state index contributed by atoms with van der Waals surface area (Å²) < 4.78 is 0. The monoisotopic (exact) mass is 326 g/mol. The van der Waals surface area contributed by atoms with Crippen LogP contribution in [0.5, 0.6) is 0 Å². The molecule has 0 heterocycles. The van der Waals surface area contributed by atoms with E-state index >= 15 is 0 Å². The molecule has 0 saturated heterocycles. The Morgan fingerprint density at radius 1 is 0.818 bits per heavy atom. The largest absolute Gasteiger partial charge is 0.479 e. The lowest BCUT2D eigenvalue weighted by atomic mass is 10.1. The van der Waals surface area contributed by atoms with E-state index in [1.165, 1.54) is 0 Å². The lowest BCUT2D eigenvalue weighted by molar-refractivity contribution is -0.154. The Labute approximate surface area is 123 Å². The molecule has 13 nitrogen and oxygen atoms in total. The van der Waals surface area contributed by atoms with Crippen LogP contribution in [0, 0.1) is 5.41 Å². The van der Waals surface area contributed by atoms with Crippen molar-refractivity contribution in [2.45, 2.75) is 36.9 Å². The predicted octanol–water partition coefficient (Wildman–Crippen LogP) is -5.60. The fourth-order valence-electron chi connectivity index (χ4n) is 1.41. The van der Waals surface area contributed by atoms with Gasteiger partial charge in [-0.1, -0.05) is 0 Å². The molecule has 0 aromatic carbocycles. The Balaban J connectivity index is 5.62. The number of hydrogen-bond acceptors (Lipinski definition) is 10. The van der Waals surface area contributed by atoms with Crippen molar-refractivity contribution in [1.82, 2.24) is 4.90 Å². The van der Waals surface area contributed by atoms with Gasteiger partial charge in [-0.05, 0) is 0 Å². The summed E-state index contributed by atoms with van der Waals surface area (Å²) >= 11 is 0. The van der Waals surface area contributed by atoms with E-state index in [9.17, 15) is 24.9 Å². The third-order valence-corrected chi connectivity index (χ3v) is 2.64. The Morgan fingerprint density at radius 2 is 1.14 bits per heavy atom. The van der Waals surface area contributed by atoms with Crippen LogP contribution in [-0.4, -0.2) is 95.4 Å². The second-order valence-electron chi connectivity index (χ2n) is 4.20. The summed E-state index contributed by atoms with van der Waals surface area (Å²) in [5.74, 6) is -4.93. The third kappa shape index (κ3) is 4.57. The van der Waals surface area contributed by atoms with E-state index in [4.69, 9.17) is 37.3 Å². The molecule has 0 amide bonds. The minimum atomic E-state index is -2.50. The minimum absolute atomic E-state index is 0.154. The first kappa shape index (κ1) is 20.1. The molecule has 0 bridgehead atoms. The maximum Gasteiger partial charge on any atom is 0.336 e. The molecule has 5 atom stereocenters. The number of carbonyl (C=O) groups is 2. The van der Waals surface area contributed by atoms with Crippen LogP contribution >= 0.6 is 0 Å². The number of carboxylic acid groups (broad SMARTS) is 2. The molecule has 13 heteroatoms. The van der Waals surface area contributed by atoms with Crippen LogP contribution in [0.4, 0.5) is 0 Å². The fraction of sp³-hybridized carbons (Fsp3) is 0.667. The molecule has 0 aromatic rings. The smallest absolute Gasteiger partial charge is 0.336 e. The highest BCUT2D eigenvalue weighted by Gasteiger charge is 2.40. The maximum atomic E-state index is 10.7. The minimum Gasteiger partial charge on any atom is -0.479 e. The summed E-state index contributed by atoms with van der Waals surface area (Å²) in [4.78, 5) is 21.5. The topological polar surface area (TPSA) is 255 Å². The average molecular weight is 326 g/mol. The Bertz CT molecular complexity index is 405. The van der Waals surface area contributed by atoms with E-state index in [2.05, 4.69) is 0 Å². The number of amidine groups is 1. The summed E-state index contributed by atoms with van der Waals surface area (Å²) in [5, 5.41) is 70.5. The highest BCUT2D eigenvalue weighted by atomic mass is 16.5. The highest BCUT2D eigenvalue weighted by Crippen LogP contribution is 2.11. The van der Waals surface area contributed by atoms with Gasteiger partial charge in [0.05, 0.1) is 0 Å². The molecule has 128 valence electrons. The molecule has 0 fully saturated rings. The number of rotatable bonds is 8. The van der Waals surface area contributed by atoms with Gasteiger partial charge in [0.2, 0.25) is 0 Å². The number of nitrogens with two attached hydrogens (primary N) is 2. The summed E-state index contributed by atoms with van der Waals surface area (Å²) in [6, 6.07) is 0. The van der Waals surface area contributed by atoms with Gasteiger partial charge in [0.15, 0.2) is 24.6 Å². The second-order valence-corrected chi connectivity index (χ2v) is 4.20. The number of hydrogen-bond donors (Lipinski definition) is 10. The Kier molecular flexibility index (Phi) is 7.27. The summed E-state index contributed by atoms with van der Waals surface area (Å²) in [5.41, 5.74) is 10.7. The highest BCUT2D eigenvalue weighted by molar-refractivity contribution is 5.86. The summed E-state index contributed by atoms with van der Waals surface area (Å²) in [6.07, 6.45) is -13.7. The zero-order valence-electron chi connectivity index (χ0n) is 11.0. The van der Waals surface area contributed by atoms with Crippen LogP contribution in [0.3, 0.4) is 0 Å². The van der Waals surface area contributed by atoms with Crippen molar-refractivity contribution in [1.29, 1.82) is 5.41 Å². The van der Waals surface area contributed by atoms with Crippen LogP contribution in [0.2, 0.25) is 0 Å². The fourth-order valence-corrected chi connectivity index (χ4v) is 1.41. The SMILES string of the molecule is N=C(C(O)C(O)O)N(C(N)C(O)C(=O)O)C(N)C(O)C(=O)O. The zero-order chi connectivity index (χ0) is 17.8. The molecule has 0 aliphatic rings. The predicted molar refractivity (Wildman–Crippen MR) is 67.0 cm³/mol. The molecule has 0 aliphatic carbocycles. The van der Waals surface area contributed by atoms with Crippen molar-refractivity contribution in [3.63, 3.8) is 0 Å². The van der Waals surface area contributed by atoms with Crippen molar-refractivity contribution < 1.29 is 45.3 Å². The summed E-state index contributed by atoms with van der Waals surface area (Å²) in [6.45, 7) is 0. The van der Waals surface area contributed by atoms with Crippen LogP contribution in [0.1, 0.15) is 0 Å². The molecule has 0 aromatic heterocycles. The van der Waals surface area contributed by atoms with E-state index in [0.717, 1.165) is 0 Å². The zero-order valence-corrected chi connectivity index (χ0v) is 11.0. The van der Waals surface area contributed by atoms with Crippen molar-refractivity contribution in [2.75, 3.05) is 0 Å². The number of aliphatic hydroxyl groups excluding tert-OH is 4. The van der Waals surface area contributed by atoms with Gasteiger partial charge >= 0.3 is 11.9 Å². The van der Waals surface area contributed by atoms with Crippen LogP contribution in [-0.2, 0) is 9.59 Å². The molecule has 0 spiro atoms. The quantitative estimate of drug-likeness (QED) is 0.114. The van der Waals surface area contributed by atoms with E-state index in [-0.39, 0.29) is 4.90 Å². The number of aliphatic hydroxyl groups is 5. The number of aliphatic carboxylic acids is 2. The van der Waals surface area contributed by atoms with E-state index < -0.39 is 54.7 Å². The maximum absolute atomic E-state index is 10.7. The van der Waals surface area contributed by atoms with Crippen molar-refractivity contribution >= 4 is 17.8 Å². The van der Waals surface area contributed by atoms with Gasteiger partial charge in [-0.25, -0.2) is 9.59 Å². The lowest BCUT2D eigenvalue weighted by Crippen LogP contribution is -2.67. The second kappa shape index (κ2) is 7.95. The van der Waals surface area contributed by atoms with E-state index in [1.54, 1.807) is 0 Å².